The van der Waals surface area contributed by atoms with E-state index in [1.807, 2.05) is 37.3 Å². The quantitative estimate of drug-likeness (QED) is 0.230. The Kier molecular flexibility index (Phi) is 8.65. The van der Waals surface area contributed by atoms with Gasteiger partial charge in [0.05, 0.1) is 17.6 Å². The second-order valence-electron chi connectivity index (χ2n) is 10.7. The minimum absolute atomic E-state index is 0.0229. The molecule has 0 atom stereocenters. The zero-order chi connectivity index (χ0) is 26.3. The Bertz CT molecular complexity index is 1320. The van der Waals surface area contributed by atoms with Gasteiger partial charge in [0.1, 0.15) is 11.6 Å². The van der Waals surface area contributed by atoms with E-state index in [0.29, 0.717) is 18.7 Å². The molecule has 0 radical (unpaired) electrons. The minimum atomic E-state index is -0.0229. The lowest BCUT2D eigenvalue weighted by atomic mass is 9.87. The van der Waals surface area contributed by atoms with Gasteiger partial charge in [-0.1, -0.05) is 62.7 Å². The largest absolute Gasteiger partial charge is 0.494 e. The lowest BCUT2D eigenvalue weighted by Gasteiger charge is -2.19. The van der Waals surface area contributed by atoms with Gasteiger partial charge in [-0.3, -0.25) is 4.79 Å². The highest BCUT2D eigenvalue weighted by molar-refractivity contribution is 5.94. The maximum atomic E-state index is 12.4. The first-order valence-corrected chi connectivity index (χ1v) is 13.3. The number of amides is 1. The fraction of sp³-hybridized carbons (Fsp3) is 0.375. The van der Waals surface area contributed by atoms with Crippen molar-refractivity contribution in [3.63, 3.8) is 0 Å². The van der Waals surface area contributed by atoms with Crippen molar-refractivity contribution in [1.82, 2.24) is 14.9 Å². The summed E-state index contributed by atoms with van der Waals surface area (Å²) < 4.78 is 8.32. The maximum Gasteiger partial charge on any atom is 0.251 e. The molecule has 0 saturated heterocycles. The Morgan fingerprint density at radius 3 is 2.49 bits per heavy atom. The molecule has 0 aliphatic heterocycles. The van der Waals surface area contributed by atoms with Crippen LogP contribution in [0.4, 0.5) is 0 Å². The molecule has 1 heterocycles. The van der Waals surface area contributed by atoms with Gasteiger partial charge in [-0.25, -0.2) is 4.98 Å². The van der Waals surface area contributed by atoms with Crippen LogP contribution >= 0.6 is 0 Å². The first kappa shape index (κ1) is 26.5. The van der Waals surface area contributed by atoms with Gasteiger partial charge in [0.2, 0.25) is 0 Å². The highest BCUT2D eigenvalue weighted by Gasteiger charge is 2.13. The first-order valence-electron chi connectivity index (χ1n) is 13.3. The van der Waals surface area contributed by atoms with E-state index in [-0.39, 0.29) is 11.3 Å². The number of para-hydroxylation sites is 2. The molecule has 5 heteroatoms. The molecule has 4 rings (SSSR count). The zero-order valence-electron chi connectivity index (χ0n) is 22.6. The summed E-state index contributed by atoms with van der Waals surface area (Å²) in [5.74, 6) is 1.98. The summed E-state index contributed by atoms with van der Waals surface area (Å²) in [5, 5.41) is 3.04. The Labute approximate surface area is 220 Å². The third-order valence-corrected chi connectivity index (χ3v) is 6.64. The normalized spacial score (nSPS) is 11.6. The second-order valence-corrected chi connectivity index (χ2v) is 10.7. The Morgan fingerprint density at radius 2 is 1.73 bits per heavy atom. The monoisotopic (exact) mass is 497 g/mol. The molecule has 0 aliphatic rings. The number of imidazole rings is 1. The topological polar surface area (TPSA) is 56.2 Å². The average molecular weight is 498 g/mol. The fourth-order valence-corrected chi connectivity index (χ4v) is 4.52. The van der Waals surface area contributed by atoms with E-state index < -0.39 is 0 Å². The number of nitrogens with zero attached hydrogens (tertiary/aromatic N) is 2. The maximum absolute atomic E-state index is 12.4. The lowest BCUT2D eigenvalue weighted by molar-refractivity contribution is 0.0953. The van der Waals surface area contributed by atoms with Gasteiger partial charge >= 0.3 is 0 Å². The van der Waals surface area contributed by atoms with Crippen LogP contribution < -0.4 is 10.1 Å². The smallest absolute Gasteiger partial charge is 0.251 e. The van der Waals surface area contributed by atoms with Crippen molar-refractivity contribution in [2.75, 3.05) is 13.2 Å². The molecule has 1 N–H and O–H groups in total. The molecule has 0 aliphatic carbocycles. The van der Waals surface area contributed by atoms with E-state index in [4.69, 9.17) is 9.72 Å². The van der Waals surface area contributed by atoms with E-state index in [0.717, 1.165) is 54.9 Å². The summed E-state index contributed by atoms with van der Waals surface area (Å²) in [5.41, 5.74) is 5.45. The molecule has 0 spiro atoms. The number of benzene rings is 3. The van der Waals surface area contributed by atoms with Crippen LogP contribution in [0.5, 0.6) is 5.75 Å². The van der Waals surface area contributed by atoms with Gasteiger partial charge in [0, 0.05) is 25.1 Å². The molecule has 4 aromatic rings. The number of carbonyl (C=O) groups is 1. The number of carbonyl (C=O) groups excluding carboxylic acids is 1. The van der Waals surface area contributed by atoms with Crippen molar-refractivity contribution in [1.29, 1.82) is 0 Å². The van der Waals surface area contributed by atoms with Crippen molar-refractivity contribution in [3.05, 3.63) is 95.3 Å². The third kappa shape index (κ3) is 7.22. The average Bonchev–Trinajstić information content (AvgIpc) is 3.23. The van der Waals surface area contributed by atoms with Crippen LogP contribution in [0.1, 0.15) is 67.3 Å². The molecule has 194 valence electrons. The van der Waals surface area contributed by atoms with E-state index in [1.54, 1.807) is 0 Å². The van der Waals surface area contributed by atoms with Crippen LogP contribution in [-0.4, -0.2) is 28.6 Å². The van der Waals surface area contributed by atoms with Crippen LogP contribution in [0.2, 0.25) is 0 Å². The van der Waals surface area contributed by atoms with Crippen molar-refractivity contribution >= 4 is 16.9 Å². The van der Waals surface area contributed by atoms with E-state index >= 15 is 0 Å². The van der Waals surface area contributed by atoms with Crippen molar-refractivity contribution < 1.29 is 9.53 Å². The van der Waals surface area contributed by atoms with Crippen LogP contribution in [-0.2, 0) is 18.4 Å². The zero-order valence-corrected chi connectivity index (χ0v) is 22.6. The van der Waals surface area contributed by atoms with Crippen LogP contribution in [0.3, 0.4) is 0 Å². The van der Waals surface area contributed by atoms with Crippen molar-refractivity contribution in [3.8, 4) is 5.75 Å². The van der Waals surface area contributed by atoms with Gasteiger partial charge < -0.3 is 14.6 Å². The van der Waals surface area contributed by atoms with Gasteiger partial charge in [-0.05, 0) is 73.6 Å². The minimum Gasteiger partial charge on any atom is -0.494 e. The number of aryl methyl sites for hydroxylation is 3. The van der Waals surface area contributed by atoms with Crippen LogP contribution in [0, 0.1) is 6.92 Å². The molecule has 37 heavy (non-hydrogen) atoms. The molecule has 1 amide bonds. The molecule has 3 aromatic carbocycles. The standard InChI is InChI=1S/C32H39N3O2/c1-24-11-9-12-25(23-24)31(36)33-20-10-15-30-34-28-13-5-6-14-29(28)35(30)21-7-8-22-37-27-18-16-26(17-19-27)32(2,3)4/h5-6,9,11-14,16-19,23H,7-8,10,15,20-22H2,1-4H3,(H,33,36). The summed E-state index contributed by atoms with van der Waals surface area (Å²) in [7, 11) is 0. The number of hydrogen-bond donors (Lipinski definition) is 1. The number of ether oxygens (including phenoxy) is 1. The molecule has 0 unspecified atom stereocenters. The number of nitrogens with one attached hydrogen (secondary N) is 1. The number of unbranched alkanes of at least 4 members (excludes halogenated alkanes) is 1. The van der Waals surface area contributed by atoms with E-state index in [9.17, 15) is 4.79 Å². The Balaban J connectivity index is 1.27. The molecule has 0 saturated carbocycles. The number of aromatic nitrogens is 2. The number of fused-ring (bicyclic) bond motifs is 1. The number of hydrogen-bond acceptors (Lipinski definition) is 3. The first-order chi connectivity index (χ1) is 17.8. The predicted molar refractivity (Wildman–Crippen MR) is 151 cm³/mol. The summed E-state index contributed by atoms with van der Waals surface area (Å²) in [4.78, 5) is 17.3. The lowest BCUT2D eigenvalue weighted by Crippen LogP contribution is -2.25. The third-order valence-electron chi connectivity index (χ3n) is 6.64. The molecular weight excluding hydrogens is 458 g/mol. The number of rotatable bonds is 11. The fourth-order valence-electron chi connectivity index (χ4n) is 4.52. The van der Waals surface area contributed by atoms with Gasteiger partial charge in [0.15, 0.2) is 0 Å². The van der Waals surface area contributed by atoms with Crippen LogP contribution in [0.15, 0.2) is 72.8 Å². The van der Waals surface area contributed by atoms with E-state index in [1.165, 1.54) is 11.1 Å². The van der Waals surface area contributed by atoms with Gasteiger partial charge in [-0.2, -0.15) is 0 Å². The second kappa shape index (κ2) is 12.1. The van der Waals surface area contributed by atoms with Gasteiger partial charge in [0.25, 0.3) is 5.91 Å². The molecular formula is C32H39N3O2. The Hall–Kier alpha value is -3.60. The highest BCUT2D eigenvalue weighted by Crippen LogP contribution is 2.24. The summed E-state index contributed by atoms with van der Waals surface area (Å²) in [6.07, 6.45) is 3.64. The molecule has 0 bridgehead atoms. The van der Waals surface area contributed by atoms with Gasteiger partial charge in [-0.15, -0.1) is 0 Å². The molecule has 1 aromatic heterocycles. The van der Waals surface area contributed by atoms with E-state index in [2.05, 4.69) is 73.1 Å². The predicted octanol–water partition coefficient (Wildman–Crippen LogP) is 6.86. The van der Waals surface area contributed by atoms with Crippen molar-refractivity contribution in [2.24, 2.45) is 0 Å². The molecule has 0 fully saturated rings. The summed E-state index contributed by atoms with van der Waals surface area (Å²) in [6, 6.07) is 24.4. The molecule has 5 nitrogen and oxygen atoms in total. The highest BCUT2D eigenvalue weighted by atomic mass is 16.5. The SMILES string of the molecule is Cc1cccc(C(=O)NCCCc2nc3ccccc3n2CCCCOc2ccc(C(C)(C)C)cc2)c1. The van der Waals surface area contributed by atoms with Crippen LogP contribution in [0.25, 0.3) is 11.0 Å². The summed E-state index contributed by atoms with van der Waals surface area (Å²) in [6.45, 7) is 10.9. The van der Waals surface area contributed by atoms with Crippen molar-refractivity contribution in [2.45, 2.75) is 65.3 Å². The summed E-state index contributed by atoms with van der Waals surface area (Å²) >= 11 is 0. The Morgan fingerprint density at radius 1 is 0.946 bits per heavy atom.